The quantitative estimate of drug-likeness (QED) is 0.833. The van der Waals surface area contributed by atoms with Crippen molar-refractivity contribution in [1.29, 1.82) is 0 Å². The van der Waals surface area contributed by atoms with E-state index in [1.54, 1.807) is 0 Å². The van der Waals surface area contributed by atoms with Gasteiger partial charge in [-0.15, -0.1) is 11.3 Å². The van der Waals surface area contributed by atoms with E-state index in [-0.39, 0.29) is 6.61 Å². The average molecular weight is 297 g/mol. The Morgan fingerprint density at radius 2 is 1.95 bits per heavy atom. The van der Waals surface area contributed by atoms with Crippen molar-refractivity contribution in [2.45, 2.75) is 33.2 Å². The van der Waals surface area contributed by atoms with E-state index in [9.17, 15) is 0 Å². The molecule has 20 heavy (non-hydrogen) atoms. The fraction of sp³-hybridized carbons (Fsp3) is 0.800. The molecule has 0 spiro atoms. The number of nitrogens with zero attached hydrogens (tertiary/aromatic N) is 3. The van der Waals surface area contributed by atoms with Crippen LogP contribution in [0.25, 0.3) is 0 Å². The van der Waals surface area contributed by atoms with Gasteiger partial charge in [-0.2, -0.15) is 0 Å². The molecular formula is C15H27N3OS. The third-order valence-electron chi connectivity index (χ3n) is 3.80. The van der Waals surface area contributed by atoms with Crippen LogP contribution in [0.2, 0.25) is 0 Å². The second kappa shape index (κ2) is 8.08. The van der Waals surface area contributed by atoms with Gasteiger partial charge in [0.25, 0.3) is 0 Å². The number of aryl methyl sites for hydroxylation is 1. The van der Waals surface area contributed by atoms with Crippen LogP contribution in [-0.4, -0.2) is 59.2 Å². The van der Waals surface area contributed by atoms with Gasteiger partial charge in [-0.1, -0.05) is 13.8 Å². The van der Waals surface area contributed by atoms with E-state index in [4.69, 9.17) is 10.1 Å². The molecular weight excluding hydrogens is 270 g/mol. The summed E-state index contributed by atoms with van der Waals surface area (Å²) < 4.78 is 0. The van der Waals surface area contributed by atoms with Crippen LogP contribution >= 0.6 is 11.3 Å². The second-order valence-electron chi connectivity index (χ2n) is 6.01. The molecule has 2 heterocycles. The van der Waals surface area contributed by atoms with Crippen molar-refractivity contribution < 1.29 is 5.11 Å². The number of hydrogen-bond acceptors (Lipinski definition) is 5. The lowest BCUT2D eigenvalue weighted by Crippen LogP contribution is -2.46. The summed E-state index contributed by atoms with van der Waals surface area (Å²) in [6, 6.07) is 0. The second-order valence-corrected chi connectivity index (χ2v) is 6.95. The highest BCUT2D eigenvalue weighted by molar-refractivity contribution is 7.09. The van der Waals surface area contributed by atoms with Crippen LogP contribution < -0.4 is 0 Å². The van der Waals surface area contributed by atoms with E-state index in [0.29, 0.717) is 0 Å². The summed E-state index contributed by atoms with van der Waals surface area (Å²) in [6.45, 7) is 10.9. The molecule has 0 unspecified atom stereocenters. The van der Waals surface area contributed by atoms with Crippen LogP contribution in [0, 0.1) is 5.92 Å². The zero-order valence-electron chi connectivity index (χ0n) is 12.7. The molecule has 0 aliphatic carbocycles. The standard InChI is InChI=1S/C15H27N3OS/c1-13(2)3-4-15-16-14(12-20-15)11-18-7-5-17(6-8-18)9-10-19/h12-13,19H,3-11H2,1-2H3. The number of thiazole rings is 1. The molecule has 1 fully saturated rings. The lowest BCUT2D eigenvalue weighted by atomic mass is 10.1. The van der Waals surface area contributed by atoms with Crippen LogP contribution in [0.5, 0.6) is 0 Å². The molecule has 1 aliphatic rings. The topological polar surface area (TPSA) is 39.6 Å². The minimum Gasteiger partial charge on any atom is -0.395 e. The Balaban J connectivity index is 1.74. The molecule has 1 aromatic heterocycles. The summed E-state index contributed by atoms with van der Waals surface area (Å²) in [7, 11) is 0. The predicted molar refractivity (Wildman–Crippen MR) is 84.1 cm³/mol. The number of piperazine rings is 1. The first kappa shape index (κ1) is 15.9. The highest BCUT2D eigenvalue weighted by atomic mass is 32.1. The summed E-state index contributed by atoms with van der Waals surface area (Å²) >= 11 is 1.81. The van der Waals surface area contributed by atoms with E-state index >= 15 is 0 Å². The van der Waals surface area contributed by atoms with E-state index < -0.39 is 0 Å². The molecule has 0 aromatic carbocycles. The zero-order valence-corrected chi connectivity index (χ0v) is 13.5. The summed E-state index contributed by atoms with van der Waals surface area (Å²) in [5.74, 6) is 0.752. The molecule has 5 heteroatoms. The van der Waals surface area contributed by atoms with Gasteiger partial charge in [0.1, 0.15) is 0 Å². The molecule has 0 bridgehead atoms. The molecule has 1 saturated heterocycles. The molecule has 1 aliphatic heterocycles. The first-order valence-corrected chi connectivity index (χ1v) is 8.54. The summed E-state index contributed by atoms with van der Waals surface area (Å²) in [6.07, 6.45) is 2.35. The SMILES string of the molecule is CC(C)CCc1nc(CN2CCN(CCO)CC2)cs1. The maximum Gasteiger partial charge on any atom is 0.0928 e. The van der Waals surface area contributed by atoms with Gasteiger partial charge in [-0.25, -0.2) is 4.98 Å². The third-order valence-corrected chi connectivity index (χ3v) is 4.76. The van der Waals surface area contributed by atoms with Crippen LogP contribution in [0.3, 0.4) is 0 Å². The number of β-amino-alcohol motifs (C(OH)–C–C–N with tert-alkyl or cyclic N) is 1. The summed E-state index contributed by atoms with van der Waals surface area (Å²) in [5.41, 5.74) is 1.23. The van der Waals surface area contributed by atoms with Gasteiger partial charge in [0.05, 0.1) is 17.3 Å². The Morgan fingerprint density at radius 1 is 1.25 bits per heavy atom. The van der Waals surface area contributed by atoms with Gasteiger partial charge in [-0.3, -0.25) is 9.80 Å². The van der Waals surface area contributed by atoms with Gasteiger partial charge in [-0.05, 0) is 18.8 Å². The van der Waals surface area contributed by atoms with Crippen LogP contribution in [-0.2, 0) is 13.0 Å². The smallest absolute Gasteiger partial charge is 0.0928 e. The number of aliphatic hydroxyl groups is 1. The van der Waals surface area contributed by atoms with Gasteiger partial charge >= 0.3 is 0 Å². The van der Waals surface area contributed by atoms with Gasteiger partial charge in [0.15, 0.2) is 0 Å². The highest BCUT2D eigenvalue weighted by Crippen LogP contribution is 2.16. The normalized spacial score (nSPS) is 18.0. The van der Waals surface area contributed by atoms with Crippen molar-refractivity contribution in [3.05, 3.63) is 16.1 Å². The molecule has 0 radical (unpaired) electrons. The minimum atomic E-state index is 0.269. The van der Waals surface area contributed by atoms with E-state index in [2.05, 4.69) is 29.0 Å². The van der Waals surface area contributed by atoms with Crippen molar-refractivity contribution in [3.63, 3.8) is 0 Å². The Morgan fingerprint density at radius 3 is 2.60 bits per heavy atom. The molecule has 2 rings (SSSR count). The molecule has 1 N–H and O–H groups in total. The fourth-order valence-corrected chi connectivity index (χ4v) is 3.30. The maximum absolute atomic E-state index is 8.95. The largest absolute Gasteiger partial charge is 0.395 e. The van der Waals surface area contributed by atoms with Crippen molar-refractivity contribution in [2.24, 2.45) is 5.92 Å². The average Bonchev–Trinajstić information content (AvgIpc) is 2.87. The van der Waals surface area contributed by atoms with E-state index in [0.717, 1.165) is 51.6 Å². The van der Waals surface area contributed by atoms with Gasteiger partial charge < -0.3 is 5.11 Å². The summed E-state index contributed by atoms with van der Waals surface area (Å²) in [4.78, 5) is 9.55. The van der Waals surface area contributed by atoms with Crippen molar-refractivity contribution >= 4 is 11.3 Å². The molecule has 4 nitrogen and oxygen atoms in total. The highest BCUT2D eigenvalue weighted by Gasteiger charge is 2.17. The summed E-state index contributed by atoms with van der Waals surface area (Å²) in [5, 5.41) is 12.5. The Hall–Kier alpha value is -0.490. The Kier molecular flexibility index (Phi) is 6.42. The van der Waals surface area contributed by atoms with Crippen molar-refractivity contribution in [2.75, 3.05) is 39.3 Å². The van der Waals surface area contributed by atoms with E-state index in [1.165, 1.54) is 17.1 Å². The molecule has 0 atom stereocenters. The molecule has 114 valence electrons. The lowest BCUT2D eigenvalue weighted by Gasteiger charge is -2.33. The van der Waals surface area contributed by atoms with Crippen molar-refractivity contribution in [3.8, 4) is 0 Å². The monoisotopic (exact) mass is 297 g/mol. The fourth-order valence-electron chi connectivity index (χ4n) is 2.49. The van der Waals surface area contributed by atoms with Gasteiger partial charge in [0, 0.05) is 44.6 Å². The number of aliphatic hydroxyl groups excluding tert-OH is 1. The zero-order chi connectivity index (χ0) is 14.4. The van der Waals surface area contributed by atoms with Crippen LogP contribution in [0.15, 0.2) is 5.38 Å². The lowest BCUT2D eigenvalue weighted by molar-refractivity contribution is 0.108. The van der Waals surface area contributed by atoms with Crippen LogP contribution in [0.4, 0.5) is 0 Å². The molecule has 0 saturated carbocycles. The Labute approximate surface area is 126 Å². The van der Waals surface area contributed by atoms with Crippen LogP contribution in [0.1, 0.15) is 31.0 Å². The Bertz CT molecular complexity index is 386. The maximum atomic E-state index is 8.95. The first-order valence-electron chi connectivity index (χ1n) is 7.66. The predicted octanol–water partition coefficient (Wildman–Crippen LogP) is 1.84. The minimum absolute atomic E-state index is 0.269. The first-order chi connectivity index (χ1) is 9.67. The molecule has 1 aromatic rings. The third kappa shape index (κ3) is 5.13. The number of hydrogen-bond donors (Lipinski definition) is 1. The number of rotatable bonds is 7. The van der Waals surface area contributed by atoms with Crippen molar-refractivity contribution in [1.82, 2.24) is 14.8 Å². The van der Waals surface area contributed by atoms with Gasteiger partial charge in [0.2, 0.25) is 0 Å². The molecule has 0 amide bonds. The van der Waals surface area contributed by atoms with E-state index in [1.807, 2.05) is 11.3 Å². The number of aromatic nitrogens is 1.